The zero-order valence-electron chi connectivity index (χ0n) is 38.7. The summed E-state index contributed by atoms with van der Waals surface area (Å²) in [5.41, 5.74) is 21.9. The first-order valence-corrected chi connectivity index (χ1v) is 22.8. The molecular weight excluding hydrogens is 803 g/mol. The highest BCUT2D eigenvalue weighted by Crippen LogP contribution is 2.44. The summed E-state index contributed by atoms with van der Waals surface area (Å²) in [6.45, 7) is 15.1. The molecule has 2 heterocycles. The Balaban J connectivity index is 1.23. The van der Waals surface area contributed by atoms with Gasteiger partial charge in [0.15, 0.2) is 0 Å². The molecule has 66 heavy (non-hydrogen) atoms. The Morgan fingerprint density at radius 3 is 1.79 bits per heavy atom. The van der Waals surface area contributed by atoms with Crippen molar-refractivity contribution in [1.82, 2.24) is 14.5 Å². The highest BCUT2D eigenvalue weighted by Gasteiger charge is 2.25. The third-order valence-corrected chi connectivity index (χ3v) is 12.9. The average molecular weight is 856 g/mol. The third-order valence-electron chi connectivity index (χ3n) is 12.9. The first kappa shape index (κ1) is 42.1. The third kappa shape index (κ3) is 8.01. The summed E-state index contributed by atoms with van der Waals surface area (Å²) >= 11 is 0. The van der Waals surface area contributed by atoms with E-state index < -0.39 is 0 Å². The molecule has 0 aliphatic carbocycles. The summed E-state index contributed by atoms with van der Waals surface area (Å²) in [6, 6.07) is 65.0. The molecule has 0 amide bonds. The number of para-hydroxylation sites is 1. The SMILES string of the molecule is Cc1ccc(-c2ccnc(-c3cc(-c4ccccc4)cc(-c4cccc5c4nc(-c4cc(C)cc(C)c4O)n5-c4cc(C)c(-c5ccc(C(C)(C)C)cc5)cc4-c4ccccc4)c3)c2)cc1. The highest BCUT2D eigenvalue weighted by atomic mass is 16.3. The van der Waals surface area contributed by atoms with Gasteiger partial charge in [0.25, 0.3) is 0 Å². The predicted molar refractivity (Wildman–Crippen MR) is 276 cm³/mol. The molecule has 0 aliphatic heterocycles. The molecule has 0 saturated heterocycles. The molecule has 0 atom stereocenters. The van der Waals surface area contributed by atoms with Gasteiger partial charge in [-0.15, -0.1) is 0 Å². The number of aryl methyl sites for hydroxylation is 4. The second-order valence-electron chi connectivity index (χ2n) is 18.8. The van der Waals surface area contributed by atoms with Gasteiger partial charge in [-0.3, -0.25) is 9.55 Å². The molecule has 0 saturated carbocycles. The molecule has 0 spiro atoms. The number of hydrogen-bond acceptors (Lipinski definition) is 3. The number of rotatable bonds is 8. The maximum Gasteiger partial charge on any atom is 0.149 e. The van der Waals surface area contributed by atoms with E-state index in [1.807, 2.05) is 19.2 Å². The van der Waals surface area contributed by atoms with Crippen LogP contribution in [0.4, 0.5) is 0 Å². The monoisotopic (exact) mass is 855 g/mol. The van der Waals surface area contributed by atoms with Gasteiger partial charge in [-0.2, -0.15) is 0 Å². The zero-order chi connectivity index (χ0) is 45.7. The van der Waals surface area contributed by atoms with Gasteiger partial charge in [0.2, 0.25) is 0 Å². The van der Waals surface area contributed by atoms with Crippen molar-refractivity contribution in [3.8, 4) is 89.7 Å². The van der Waals surface area contributed by atoms with Crippen molar-refractivity contribution in [3.05, 3.63) is 216 Å². The lowest BCUT2D eigenvalue weighted by molar-refractivity contribution is 0.472. The minimum atomic E-state index is 0.0537. The van der Waals surface area contributed by atoms with Crippen molar-refractivity contribution in [1.29, 1.82) is 0 Å². The van der Waals surface area contributed by atoms with Crippen molar-refractivity contribution < 1.29 is 5.11 Å². The summed E-state index contributed by atoms with van der Waals surface area (Å²) in [5, 5.41) is 12.0. The maximum atomic E-state index is 12.0. The topological polar surface area (TPSA) is 50.9 Å². The van der Waals surface area contributed by atoms with Crippen LogP contribution < -0.4 is 0 Å². The molecule has 0 unspecified atom stereocenters. The number of pyridine rings is 1. The lowest BCUT2D eigenvalue weighted by Gasteiger charge is -2.21. The second-order valence-corrected chi connectivity index (χ2v) is 18.8. The van der Waals surface area contributed by atoms with Crippen LogP contribution in [0.25, 0.3) is 95.0 Å². The Labute approximate surface area is 388 Å². The lowest BCUT2D eigenvalue weighted by Crippen LogP contribution is -2.10. The molecule has 4 nitrogen and oxygen atoms in total. The fourth-order valence-electron chi connectivity index (χ4n) is 9.32. The van der Waals surface area contributed by atoms with E-state index in [2.05, 4.69) is 222 Å². The Morgan fingerprint density at radius 2 is 1.08 bits per heavy atom. The van der Waals surface area contributed by atoms with Crippen molar-refractivity contribution in [2.24, 2.45) is 0 Å². The second kappa shape index (κ2) is 17.0. The van der Waals surface area contributed by atoms with Crippen LogP contribution in [0.2, 0.25) is 0 Å². The number of nitrogens with zero attached hydrogens (tertiary/aromatic N) is 3. The molecule has 0 bridgehead atoms. The summed E-state index contributed by atoms with van der Waals surface area (Å²) in [5.74, 6) is 0.896. The molecule has 2 aromatic heterocycles. The minimum absolute atomic E-state index is 0.0537. The van der Waals surface area contributed by atoms with Gasteiger partial charge >= 0.3 is 0 Å². The molecule has 4 heteroatoms. The molecule has 0 fully saturated rings. The van der Waals surface area contributed by atoms with Crippen LogP contribution in [0.3, 0.4) is 0 Å². The number of hydrogen-bond donors (Lipinski definition) is 1. The van der Waals surface area contributed by atoms with Gasteiger partial charge in [0, 0.05) is 22.9 Å². The van der Waals surface area contributed by atoms with E-state index in [1.165, 1.54) is 22.3 Å². The van der Waals surface area contributed by atoms with Crippen molar-refractivity contribution in [2.45, 2.75) is 53.9 Å². The van der Waals surface area contributed by atoms with E-state index in [0.717, 1.165) is 89.2 Å². The molecule has 10 rings (SSSR count). The lowest BCUT2D eigenvalue weighted by atomic mass is 9.85. The van der Waals surface area contributed by atoms with Crippen LogP contribution in [0.15, 0.2) is 188 Å². The number of aromatic nitrogens is 3. The number of imidazole rings is 1. The van der Waals surface area contributed by atoms with Crippen molar-refractivity contribution in [3.63, 3.8) is 0 Å². The molecule has 1 N–H and O–H groups in total. The summed E-state index contributed by atoms with van der Waals surface area (Å²) in [4.78, 5) is 10.6. The van der Waals surface area contributed by atoms with Gasteiger partial charge < -0.3 is 5.11 Å². The Hall–Kier alpha value is -7.82. The van der Waals surface area contributed by atoms with E-state index in [0.29, 0.717) is 11.4 Å². The molecule has 322 valence electrons. The molecule has 10 aromatic rings. The molecule has 0 aliphatic rings. The van der Waals surface area contributed by atoms with Crippen LogP contribution in [-0.4, -0.2) is 19.6 Å². The molecular formula is C62H53N3O. The van der Waals surface area contributed by atoms with E-state index in [1.54, 1.807) is 0 Å². The van der Waals surface area contributed by atoms with Gasteiger partial charge in [0.1, 0.15) is 11.6 Å². The van der Waals surface area contributed by atoms with Gasteiger partial charge in [-0.25, -0.2) is 4.98 Å². The predicted octanol–water partition coefficient (Wildman–Crippen LogP) is 16.3. The summed E-state index contributed by atoms with van der Waals surface area (Å²) in [7, 11) is 0. The summed E-state index contributed by atoms with van der Waals surface area (Å²) < 4.78 is 2.27. The Bertz CT molecular complexity index is 3410. The maximum absolute atomic E-state index is 12.0. The number of fused-ring (bicyclic) bond motifs is 1. The zero-order valence-corrected chi connectivity index (χ0v) is 38.7. The average Bonchev–Trinajstić information content (AvgIpc) is 3.72. The standard InChI is InChI=1S/C62H53N3O/c1-39-21-23-44(24-22-39)47-29-30-63-56(37-47)50-35-48(43-15-10-8-11-16-43)34-49(36-50)52-19-14-20-57-59(52)64-61(55-32-40(2)31-42(4)60(55)66)65(57)58-33-41(3)53(38-54(58)45-17-12-9-13-18-45)46-25-27-51(28-26-46)62(5,6)7/h8-38,66H,1-7H3. The van der Waals surface area contributed by atoms with Crippen LogP contribution in [0.5, 0.6) is 5.75 Å². The van der Waals surface area contributed by atoms with Crippen molar-refractivity contribution in [2.75, 3.05) is 0 Å². The fraction of sp³-hybridized carbons (Fsp3) is 0.129. The van der Waals surface area contributed by atoms with Crippen LogP contribution in [-0.2, 0) is 5.41 Å². The molecule has 0 radical (unpaired) electrons. The minimum Gasteiger partial charge on any atom is -0.507 e. The molecule has 8 aromatic carbocycles. The van der Waals surface area contributed by atoms with E-state index in [4.69, 9.17) is 9.97 Å². The quantitative estimate of drug-likeness (QED) is 0.166. The van der Waals surface area contributed by atoms with E-state index in [-0.39, 0.29) is 11.2 Å². The fourth-order valence-corrected chi connectivity index (χ4v) is 9.32. The van der Waals surface area contributed by atoms with Crippen LogP contribution in [0.1, 0.15) is 48.6 Å². The number of benzene rings is 8. The number of phenolic OH excluding ortho intramolecular Hbond substituents is 1. The Kier molecular flexibility index (Phi) is 10.8. The number of aromatic hydroxyl groups is 1. The first-order chi connectivity index (χ1) is 31.9. The van der Waals surface area contributed by atoms with Crippen LogP contribution in [0, 0.1) is 27.7 Å². The highest BCUT2D eigenvalue weighted by molar-refractivity contribution is 5.99. The van der Waals surface area contributed by atoms with E-state index >= 15 is 0 Å². The smallest absolute Gasteiger partial charge is 0.149 e. The first-order valence-electron chi connectivity index (χ1n) is 22.8. The van der Waals surface area contributed by atoms with Gasteiger partial charge in [0.05, 0.1) is 28.0 Å². The van der Waals surface area contributed by atoms with E-state index in [9.17, 15) is 5.11 Å². The van der Waals surface area contributed by atoms with Gasteiger partial charge in [-0.1, -0.05) is 154 Å². The summed E-state index contributed by atoms with van der Waals surface area (Å²) in [6.07, 6.45) is 1.91. The largest absolute Gasteiger partial charge is 0.507 e. The van der Waals surface area contributed by atoms with Crippen molar-refractivity contribution >= 4 is 11.0 Å². The Morgan fingerprint density at radius 1 is 0.439 bits per heavy atom. The van der Waals surface area contributed by atoms with Crippen LogP contribution >= 0.6 is 0 Å². The number of phenols is 1. The van der Waals surface area contributed by atoms with Gasteiger partial charge in [-0.05, 0) is 154 Å². The normalized spacial score (nSPS) is 11.6.